The van der Waals surface area contributed by atoms with Crippen molar-refractivity contribution in [1.82, 2.24) is 14.5 Å². The number of amides is 1. The zero-order valence-corrected chi connectivity index (χ0v) is 21.1. The molecule has 7 nitrogen and oxygen atoms in total. The fourth-order valence-electron chi connectivity index (χ4n) is 4.21. The maximum atomic E-state index is 14.8. The van der Waals surface area contributed by atoms with Gasteiger partial charge in [-0.1, -0.05) is 6.07 Å². The monoisotopic (exact) mass is 487 g/mol. The van der Waals surface area contributed by atoms with E-state index in [1.165, 1.54) is 15.5 Å². The van der Waals surface area contributed by atoms with E-state index in [1.54, 1.807) is 39.3 Å². The summed E-state index contributed by atoms with van der Waals surface area (Å²) < 4.78 is 16.2. The Morgan fingerprint density at radius 2 is 1.83 bits per heavy atom. The van der Waals surface area contributed by atoms with Gasteiger partial charge in [0.2, 0.25) is 5.91 Å². The standard InChI is InChI=1S/C28H30FN5O2/c1-16-10-21(30)14-22(28(16)29)18(3)32-25-11-17(2)31-24-7-6-19(12-23(24)25)20-8-9-34(26(35)13-20)15-27(36)33(4)5/h6-14,18H,15,30H2,1-5H3,(H,31,32)/t18-/m1/s1. The molecule has 0 aliphatic heterocycles. The molecule has 2 aromatic carbocycles. The largest absolute Gasteiger partial charge is 0.399 e. The SMILES string of the molecule is Cc1cc(N[C@H](C)c2cc(N)cc(C)c2F)c2cc(-c3ccn(CC(=O)N(C)C)c(=O)c3)ccc2n1. The number of nitrogens with two attached hydrogens (primary N) is 1. The van der Waals surface area contributed by atoms with Crippen LogP contribution < -0.4 is 16.6 Å². The lowest BCUT2D eigenvalue weighted by molar-refractivity contribution is -0.129. The summed E-state index contributed by atoms with van der Waals surface area (Å²) in [6.07, 6.45) is 1.63. The Hall–Kier alpha value is -4.20. The molecule has 0 saturated heterocycles. The maximum absolute atomic E-state index is 14.8. The number of aromatic nitrogens is 2. The van der Waals surface area contributed by atoms with Crippen LogP contribution in [-0.2, 0) is 11.3 Å². The van der Waals surface area contributed by atoms with Crippen LogP contribution in [0.2, 0.25) is 0 Å². The Labute approximate surface area is 209 Å². The number of nitrogen functional groups attached to an aromatic ring is 1. The van der Waals surface area contributed by atoms with Gasteiger partial charge in [-0.05, 0) is 73.9 Å². The number of aryl methyl sites for hydroxylation is 2. The third kappa shape index (κ3) is 5.07. The van der Waals surface area contributed by atoms with E-state index in [0.29, 0.717) is 16.8 Å². The summed E-state index contributed by atoms with van der Waals surface area (Å²) in [4.78, 5) is 30.7. The molecule has 0 bridgehead atoms. The van der Waals surface area contributed by atoms with Gasteiger partial charge >= 0.3 is 0 Å². The van der Waals surface area contributed by atoms with Gasteiger partial charge in [0.15, 0.2) is 0 Å². The Morgan fingerprint density at radius 3 is 2.53 bits per heavy atom. The highest BCUT2D eigenvalue weighted by atomic mass is 19.1. The third-order valence-corrected chi connectivity index (χ3v) is 6.21. The zero-order chi connectivity index (χ0) is 26.1. The lowest BCUT2D eigenvalue weighted by atomic mass is 10.0. The van der Waals surface area contributed by atoms with E-state index in [4.69, 9.17) is 5.73 Å². The number of carbonyl (C=O) groups excluding carboxylic acids is 1. The van der Waals surface area contributed by atoms with Gasteiger partial charge in [-0.3, -0.25) is 14.6 Å². The summed E-state index contributed by atoms with van der Waals surface area (Å²) in [6, 6.07) is 13.9. The van der Waals surface area contributed by atoms with Crippen LogP contribution in [0, 0.1) is 19.7 Å². The second kappa shape index (κ2) is 9.81. The van der Waals surface area contributed by atoms with Crippen LogP contribution in [-0.4, -0.2) is 34.5 Å². The first kappa shape index (κ1) is 24.9. The molecule has 2 aromatic heterocycles. The fraction of sp³-hybridized carbons (Fsp3) is 0.250. The normalized spacial score (nSPS) is 11.9. The number of hydrogen-bond acceptors (Lipinski definition) is 5. The first-order valence-electron chi connectivity index (χ1n) is 11.7. The molecule has 186 valence electrons. The van der Waals surface area contributed by atoms with Gasteiger partial charge in [-0.15, -0.1) is 0 Å². The van der Waals surface area contributed by atoms with E-state index in [0.717, 1.165) is 33.4 Å². The molecule has 0 aliphatic carbocycles. The molecule has 0 unspecified atom stereocenters. The molecule has 4 aromatic rings. The summed E-state index contributed by atoms with van der Waals surface area (Å²) >= 11 is 0. The van der Waals surface area contributed by atoms with Crippen LogP contribution in [0.3, 0.4) is 0 Å². The Kier molecular flexibility index (Phi) is 6.79. The van der Waals surface area contributed by atoms with Gasteiger partial charge in [-0.25, -0.2) is 4.39 Å². The number of pyridine rings is 2. The van der Waals surface area contributed by atoms with Gasteiger partial charge < -0.3 is 20.5 Å². The van der Waals surface area contributed by atoms with E-state index >= 15 is 0 Å². The highest BCUT2D eigenvalue weighted by Gasteiger charge is 2.16. The van der Waals surface area contributed by atoms with Gasteiger partial charge in [0.05, 0.1) is 11.6 Å². The van der Waals surface area contributed by atoms with E-state index in [-0.39, 0.29) is 29.9 Å². The molecule has 0 fully saturated rings. The van der Waals surface area contributed by atoms with Gasteiger partial charge in [0.25, 0.3) is 5.56 Å². The molecule has 1 amide bonds. The number of fused-ring (bicyclic) bond motifs is 1. The molecule has 0 radical (unpaired) electrons. The quantitative estimate of drug-likeness (QED) is 0.386. The molecule has 4 rings (SSSR count). The fourth-order valence-corrected chi connectivity index (χ4v) is 4.21. The molecule has 1 atom stereocenters. The number of nitrogens with one attached hydrogen (secondary N) is 1. The number of halogens is 1. The van der Waals surface area contributed by atoms with E-state index in [2.05, 4.69) is 10.3 Å². The summed E-state index contributed by atoms with van der Waals surface area (Å²) in [6.45, 7) is 5.48. The number of likely N-dealkylation sites (N-methyl/N-ethyl adjacent to an activating group) is 1. The van der Waals surface area contributed by atoms with Crippen LogP contribution in [0.1, 0.15) is 29.8 Å². The van der Waals surface area contributed by atoms with Crippen molar-refractivity contribution >= 4 is 28.2 Å². The minimum atomic E-state index is -0.348. The van der Waals surface area contributed by atoms with E-state index in [1.807, 2.05) is 44.2 Å². The second-order valence-electron chi connectivity index (χ2n) is 9.32. The molecular weight excluding hydrogens is 457 g/mol. The number of carbonyl (C=O) groups is 1. The molecule has 8 heteroatoms. The van der Waals surface area contributed by atoms with Crippen molar-refractivity contribution in [3.05, 3.63) is 87.7 Å². The average molecular weight is 488 g/mol. The first-order chi connectivity index (χ1) is 17.0. The number of benzene rings is 2. The van der Waals surface area contributed by atoms with Crippen LogP contribution in [0.25, 0.3) is 22.0 Å². The molecular formula is C28H30FN5O2. The molecule has 36 heavy (non-hydrogen) atoms. The van der Waals surface area contributed by atoms with Crippen molar-refractivity contribution in [2.75, 3.05) is 25.1 Å². The van der Waals surface area contributed by atoms with Crippen molar-refractivity contribution in [2.45, 2.75) is 33.4 Å². The topological polar surface area (TPSA) is 93.2 Å². The highest BCUT2D eigenvalue weighted by molar-refractivity contribution is 5.94. The lowest BCUT2D eigenvalue weighted by Crippen LogP contribution is -2.31. The molecule has 2 heterocycles. The van der Waals surface area contributed by atoms with E-state index in [9.17, 15) is 14.0 Å². The Bertz CT molecular complexity index is 1530. The minimum absolute atomic E-state index is 0.0149. The highest BCUT2D eigenvalue weighted by Crippen LogP contribution is 2.32. The van der Waals surface area contributed by atoms with Crippen molar-refractivity contribution in [2.24, 2.45) is 0 Å². The number of rotatable bonds is 6. The van der Waals surface area contributed by atoms with Crippen molar-refractivity contribution in [3.63, 3.8) is 0 Å². The summed E-state index contributed by atoms with van der Waals surface area (Å²) in [7, 11) is 3.31. The first-order valence-corrected chi connectivity index (χ1v) is 11.7. The Balaban J connectivity index is 1.72. The van der Waals surface area contributed by atoms with Gasteiger partial charge in [-0.2, -0.15) is 0 Å². The third-order valence-electron chi connectivity index (χ3n) is 6.21. The minimum Gasteiger partial charge on any atom is -0.399 e. The van der Waals surface area contributed by atoms with Crippen LogP contribution in [0.4, 0.5) is 15.8 Å². The number of anilines is 2. The van der Waals surface area contributed by atoms with Gasteiger partial charge in [0.1, 0.15) is 12.4 Å². The second-order valence-corrected chi connectivity index (χ2v) is 9.32. The lowest BCUT2D eigenvalue weighted by Gasteiger charge is -2.20. The van der Waals surface area contributed by atoms with E-state index < -0.39 is 0 Å². The molecule has 0 spiro atoms. The average Bonchev–Trinajstić information content (AvgIpc) is 2.82. The summed E-state index contributed by atoms with van der Waals surface area (Å²) in [5.74, 6) is -0.443. The van der Waals surface area contributed by atoms with Gasteiger partial charge in [0, 0.05) is 54.4 Å². The zero-order valence-electron chi connectivity index (χ0n) is 21.1. The molecule has 3 N–H and O–H groups in total. The summed E-state index contributed by atoms with van der Waals surface area (Å²) in [5.41, 5.74) is 11.2. The van der Waals surface area contributed by atoms with Crippen molar-refractivity contribution in [1.29, 1.82) is 0 Å². The van der Waals surface area contributed by atoms with Crippen molar-refractivity contribution < 1.29 is 9.18 Å². The maximum Gasteiger partial charge on any atom is 0.251 e. The van der Waals surface area contributed by atoms with Crippen LogP contribution in [0.5, 0.6) is 0 Å². The Morgan fingerprint density at radius 1 is 1.11 bits per heavy atom. The predicted molar refractivity (Wildman–Crippen MR) is 142 cm³/mol. The predicted octanol–water partition coefficient (Wildman–Crippen LogP) is 4.66. The smallest absolute Gasteiger partial charge is 0.251 e. The molecule has 0 saturated carbocycles. The number of nitrogens with zero attached hydrogens (tertiary/aromatic N) is 3. The van der Waals surface area contributed by atoms with Crippen LogP contribution in [0.15, 0.2) is 59.5 Å². The van der Waals surface area contributed by atoms with Crippen LogP contribution >= 0.6 is 0 Å². The molecule has 0 aliphatic rings. The summed E-state index contributed by atoms with van der Waals surface area (Å²) in [5, 5.41) is 4.27. The van der Waals surface area contributed by atoms with Crippen molar-refractivity contribution in [3.8, 4) is 11.1 Å². The number of hydrogen-bond donors (Lipinski definition) is 2.